The van der Waals surface area contributed by atoms with E-state index in [9.17, 15) is 0 Å². The first kappa shape index (κ1) is 18.4. The lowest BCUT2D eigenvalue weighted by molar-refractivity contribution is 0.290. The lowest BCUT2D eigenvalue weighted by Crippen LogP contribution is -2.45. The van der Waals surface area contributed by atoms with E-state index in [1.54, 1.807) is 18.4 Å². The van der Waals surface area contributed by atoms with Gasteiger partial charge in [-0.2, -0.15) is 0 Å². The van der Waals surface area contributed by atoms with E-state index in [4.69, 9.17) is 0 Å². The van der Waals surface area contributed by atoms with E-state index >= 15 is 0 Å². The first-order chi connectivity index (χ1) is 11.6. The number of aromatic nitrogens is 1. The molecule has 0 fully saturated rings. The molecule has 0 aliphatic rings. The molecule has 6 heteroatoms. The van der Waals surface area contributed by atoms with Crippen LogP contribution in [0.3, 0.4) is 0 Å². The van der Waals surface area contributed by atoms with Crippen LogP contribution in [0, 0.1) is 6.92 Å². The molecule has 2 aromatic rings. The van der Waals surface area contributed by atoms with Crippen LogP contribution in [0.25, 0.3) is 0 Å². The van der Waals surface area contributed by atoms with Crippen molar-refractivity contribution in [2.24, 2.45) is 4.99 Å². The SMILES string of the molecule is CN=C(NCc1ncc(C)s1)NCC(Cc1ccccc1)N(C)C. The largest absolute Gasteiger partial charge is 0.355 e. The second kappa shape index (κ2) is 9.39. The predicted molar refractivity (Wildman–Crippen MR) is 103 cm³/mol. The Morgan fingerprint density at radius 1 is 1.25 bits per heavy atom. The first-order valence-electron chi connectivity index (χ1n) is 8.14. The van der Waals surface area contributed by atoms with Crippen LogP contribution >= 0.6 is 11.3 Å². The predicted octanol–water partition coefficient (Wildman–Crippen LogP) is 2.29. The minimum Gasteiger partial charge on any atom is -0.355 e. The third-order valence-corrected chi connectivity index (χ3v) is 4.76. The van der Waals surface area contributed by atoms with E-state index in [2.05, 4.69) is 76.9 Å². The topological polar surface area (TPSA) is 52.6 Å². The third-order valence-electron chi connectivity index (χ3n) is 3.85. The Morgan fingerprint density at radius 3 is 2.58 bits per heavy atom. The van der Waals surface area contributed by atoms with E-state index in [-0.39, 0.29) is 0 Å². The highest BCUT2D eigenvalue weighted by Crippen LogP contribution is 2.10. The second-order valence-corrected chi connectivity index (χ2v) is 7.30. The van der Waals surface area contributed by atoms with Gasteiger partial charge < -0.3 is 15.5 Å². The number of rotatable bonds is 7. The minimum atomic E-state index is 0.396. The summed E-state index contributed by atoms with van der Waals surface area (Å²) >= 11 is 1.71. The molecule has 130 valence electrons. The fraction of sp³-hybridized carbons (Fsp3) is 0.444. The maximum Gasteiger partial charge on any atom is 0.191 e. The van der Waals surface area contributed by atoms with Crippen molar-refractivity contribution in [3.8, 4) is 0 Å². The van der Waals surface area contributed by atoms with Crippen molar-refractivity contribution >= 4 is 17.3 Å². The van der Waals surface area contributed by atoms with Gasteiger partial charge in [-0.3, -0.25) is 4.99 Å². The van der Waals surface area contributed by atoms with Gasteiger partial charge in [-0.1, -0.05) is 30.3 Å². The second-order valence-electron chi connectivity index (χ2n) is 5.98. The van der Waals surface area contributed by atoms with Crippen molar-refractivity contribution in [1.29, 1.82) is 0 Å². The van der Waals surface area contributed by atoms with Crippen LogP contribution in [0.1, 0.15) is 15.4 Å². The molecular formula is C18H27N5S. The Labute approximate surface area is 148 Å². The highest BCUT2D eigenvalue weighted by Gasteiger charge is 2.13. The van der Waals surface area contributed by atoms with Crippen LogP contribution in [0.4, 0.5) is 0 Å². The Hall–Kier alpha value is -1.92. The van der Waals surface area contributed by atoms with E-state index in [1.807, 2.05) is 6.20 Å². The molecule has 0 saturated carbocycles. The lowest BCUT2D eigenvalue weighted by atomic mass is 10.1. The van der Waals surface area contributed by atoms with E-state index in [0.29, 0.717) is 12.6 Å². The third kappa shape index (κ3) is 5.94. The standard InChI is InChI=1S/C18H27N5S/c1-14-11-20-17(24-14)13-22-18(19-2)21-12-16(23(3)4)10-15-8-6-5-7-9-15/h5-9,11,16H,10,12-13H2,1-4H3,(H2,19,21,22). The van der Waals surface area contributed by atoms with Gasteiger partial charge >= 0.3 is 0 Å². The number of aryl methyl sites for hydroxylation is 1. The number of nitrogens with zero attached hydrogens (tertiary/aromatic N) is 3. The fourth-order valence-electron chi connectivity index (χ4n) is 2.40. The summed E-state index contributed by atoms with van der Waals surface area (Å²) in [5.41, 5.74) is 1.35. The van der Waals surface area contributed by atoms with Crippen molar-refractivity contribution < 1.29 is 0 Å². The lowest BCUT2D eigenvalue weighted by Gasteiger charge is -2.25. The quantitative estimate of drug-likeness (QED) is 0.597. The summed E-state index contributed by atoms with van der Waals surface area (Å²) in [5.74, 6) is 0.808. The van der Waals surface area contributed by atoms with Gasteiger partial charge in [-0.25, -0.2) is 4.98 Å². The van der Waals surface area contributed by atoms with Gasteiger partial charge in [0.05, 0.1) is 6.54 Å². The van der Waals surface area contributed by atoms with Crippen molar-refractivity contribution in [2.45, 2.75) is 25.9 Å². The van der Waals surface area contributed by atoms with Crippen LogP contribution < -0.4 is 10.6 Å². The number of hydrogen-bond donors (Lipinski definition) is 2. The van der Waals surface area contributed by atoms with Gasteiger partial charge in [0.25, 0.3) is 0 Å². The van der Waals surface area contributed by atoms with Gasteiger partial charge in [0.2, 0.25) is 0 Å². The molecule has 5 nitrogen and oxygen atoms in total. The molecule has 1 atom stereocenters. The van der Waals surface area contributed by atoms with Gasteiger partial charge in [0.1, 0.15) is 5.01 Å². The smallest absolute Gasteiger partial charge is 0.191 e. The molecule has 0 aliphatic heterocycles. The molecule has 0 spiro atoms. The summed E-state index contributed by atoms with van der Waals surface area (Å²) in [4.78, 5) is 12.1. The molecule has 0 saturated heterocycles. The molecule has 1 heterocycles. The molecule has 1 aromatic heterocycles. The summed E-state index contributed by atoms with van der Waals surface area (Å²) < 4.78 is 0. The number of nitrogens with one attached hydrogen (secondary N) is 2. The Bertz CT molecular complexity index is 636. The fourth-order valence-corrected chi connectivity index (χ4v) is 3.13. The Kier molecular flexibility index (Phi) is 7.21. The monoisotopic (exact) mass is 345 g/mol. The molecule has 0 amide bonds. The number of thiazole rings is 1. The number of likely N-dealkylation sites (N-methyl/N-ethyl adjacent to an activating group) is 1. The van der Waals surface area contributed by atoms with Crippen molar-refractivity contribution in [1.82, 2.24) is 20.5 Å². The van der Waals surface area contributed by atoms with Crippen LogP contribution in [0.5, 0.6) is 0 Å². The molecule has 2 rings (SSSR count). The zero-order chi connectivity index (χ0) is 17.4. The normalized spacial score (nSPS) is 13.1. The van der Waals surface area contributed by atoms with Gasteiger partial charge in [-0.15, -0.1) is 11.3 Å². The average Bonchev–Trinajstić information content (AvgIpc) is 3.00. The van der Waals surface area contributed by atoms with Gasteiger partial charge in [0, 0.05) is 30.7 Å². The number of guanidine groups is 1. The maximum atomic E-state index is 4.37. The summed E-state index contributed by atoms with van der Waals surface area (Å²) in [5, 5.41) is 7.82. The molecule has 0 radical (unpaired) electrons. The first-order valence-corrected chi connectivity index (χ1v) is 8.96. The zero-order valence-corrected chi connectivity index (χ0v) is 15.7. The van der Waals surface area contributed by atoms with Gasteiger partial charge in [0.15, 0.2) is 5.96 Å². The number of benzene rings is 1. The molecule has 1 unspecified atom stereocenters. The van der Waals surface area contributed by atoms with Crippen LogP contribution in [0.15, 0.2) is 41.5 Å². The van der Waals surface area contributed by atoms with E-state index < -0.39 is 0 Å². The highest BCUT2D eigenvalue weighted by atomic mass is 32.1. The highest BCUT2D eigenvalue weighted by molar-refractivity contribution is 7.11. The Balaban J connectivity index is 1.85. The molecule has 1 aromatic carbocycles. The molecule has 2 N–H and O–H groups in total. The summed E-state index contributed by atoms with van der Waals surface area (Å²) in [6.07, 6.45) is 2.91. The van der Waals surface area contributed by atoms with Gasteiger partial charge in [-0.05, 0) is 33.0 Å². The molecule has 0 bridgehead atoms. The number of aliphatic imine (C=N–C) groups is 1. The average molecular weight is 346 g/mol. The van der Waals surface area contributed by atoms with E-state index in [0.717, 1.165) is 23.9 Å². The summed E-state index contributed by atoms with van der Waals surface area (Å²) in [6, 6.07) is 11.0. The maximum absolute atomic E-state index is 4.37. The Morgan fingerprint density at radius 2 is 2.00 bits per heavy atom. The van der Waals surface area contributed by atoms with Crippen molar-refractivity contribution in [3.63, 3.8) is 0 Å². The minimum absolute atomic E-state index is 0.396. The van der Waals surface area contributed by atoms with Crippen molar-refractivity contribution in [2.75, 3.05) is 27.7 Å². The molecule has 0 aliphatic carbocycles. The van der Waals surface area contributed by atoms with Crippen molar-refractivity contribution in [3.05, 3.63) is 52.0 Å². The van der Waals surface area contributed by atoms with Crippen LogP contribution in [-0.4, -0.2) is 49.6 Å². The van der Waals surface area contributed by atoms with Crippen LogP contribution in [-0.2, 0) is 13.0 Å². The zero-order valence-electron chi connectivity index (χ0n) is 14.9. The van der Waals surface area contributed by atoms with E-state index in [1.165, 1.54) is 10.4 Å². The summed E-state index contributed by atoms with van der Waals surface area (Å²) in [6.45, 7) is 3.60. The molecule has 24 heavy (non-hydrogen) atoms. The summed E-state index contributed by atoms with van der Waals surface area (Å²) in [7, 11) is 6.03. The number of hydrogen-bond acceptors (Lipinski definition) is 4. The van der Waals surface area contributed by atoms with Crippen LogP contribution in [0.2, 0.25) is 0 Å². The molecular weight excluding hydrogens is 318 g/mol.